The maximum absolute atomic E-state index is 6.05. The first-order valence-electron chi connectivity index (χ1n) is 7.72. The molecule has 4 rings (SSSR count). The minimum atomic E-state index is 0.726. The van der Waals surface area contributed by atoms with Crippen molar-refractivity contribution in [3.05, 3.63) is 47.0 Å². The highest BCUT2D eigenvalue weighted by Gasteiger charge is 2.16. The van der Waals surface area contributed by atoms with Gasteiger partial charge in [-0.05, 0) is 49.6 Å². The van der Waals surface area contributed by atoms with E-state index in [-0.39, 0.29) is 0 Å². The zero-order chi connectivity index (χ0) is 15.1. The molecule has 1 aliphatic rings. The number of hydrogen-bond donors (Lipinski definition) is 1. The van der Waals surface area contributed by atoms with Crippen LogP contribution in [0.25, 0.3) is 22.4 Å². The molecule has 4 heteroatoms. The molecule has 3 nitrogen and oxygen atoms in total. The molecule has 2 aromatic carbocycles. The molecule has 1 aliphatic heterocycles. The molecule has 2 heterocycles. The molecule has 1 N–H and O–H groups in total. The summed E-state index contributed by atoms with van der Waals surface area (Å²) in [6.07, 6.45) is 2.57. The zero-order valence-corrected chi connectivity index (χ0v) is 13.3. The highest BCUT2D eigenvalue weighted by Crippen LogP contribution is 2.30. The van der Waals surface area contributed by atoms with Gasteiger partial charge in [0.2, 0.25) is 0 Å². The highest BCUT2D eigenvalue weighted by atomic mass is 35.5. The minimum absolute atomic E-state index is 0.726. The van der Waals surface area contributed by atoms with E-state index in [1.165, 1.54) is 24.1 Å². The first kappa shape index (κ1) is 13.6. The Morgan fingerprint density at radius 3 is 2.73 bits per heavy atom. The number of benzene rings is 2. The van der Waals surface area contributed by atoms with Crippen molar-refractivity contribution in [2.24, 2.45) is 0 Å². The summed E-state index contributed by atoms with van der Waals surface area (Å²) < 4.78 is 0. The van der Waals surface area contributed by atoms with Crippen LogP contribution in [0.15, 0.2) is 36.4 Å². The summed E-state index contributed by atoms with van der Waals surface area (Å²) in [5.41, 5.74) is 5.70. The Morgan fingerprint density at radius 1 is 1.09 bits per heavy atom. The highest BCUT2D eigenvalue weighted by molar-refractivity contribution is 6.31. The Labute approximate surface area is 134 Å². The van der Waals surface area contributed by atoms with Crippen LogP contribution in [-0.2, 0) is 0 Å². The third-order valence-corrected chi connectivity index (χ3v) is 4.61. The van der Waals surface area contributed by atoms with E-state index in [0.29, 0.717) is 0 Å². The molecule has 0 amide bonds. The van der Waals surface area contributed by atoms with Crippen LogP contribution in [0.2, 0.25) is 5.02 Å². The van der Waals surface area contributed by atoms with Gasteiger partial charge in [0.15, 0.2) is 0 Å². The van der Waals surface area contributed by atoms with Crippen LogP contribution < -0.4 is 4.90 Å². The molecule has 1 aromatic heterocycles. The monoisotopic (exact) mass is 311 g/mol. The van der Waals surface area contributed by atoms with Crippen LogP contribution in [0.4, 0.5) is 5.69 Å². The first-order chi connectivity index (χ1) is 10.7. The number of anilines is 1. The number of fused-ring (bicyclic) bond motifs is 1. The molecule has 0 atom stereocenters. The van der Waals surface area contributed by atoms with Gasteiger partial charge in [0.25, 0.3) is 0 Å². The number of aromatic amines is 1. The van der Waals surface area contributed by atoms with E-state index in [9.17, 15) is 0 Å². The Kier molecular flexibility index (Phi) is 3.30. The molecule has 22 heavy (non-hydrogen) atoms. The summed E-state index contributed by atoms with van der Waals surface area (Å²) in [6.45, 7) is 4.48. The van der Waals surface area contributed by atoms with Crippen molar-refractivity contribution >= 4 is 28.3 Å². The fourth-order valence-electron chi connectivity index (χ4n) is 3.17. The van der Waals surface area contributed by atoms with E-state index in [0.717, 1.165) is 40.5 Å². The van der Waals surface area contributed by atoms with Gasteiger partial charge in [-0.25, -0.2) is 4.98 Å². The van der Waals surface area contributed by atoms with E-state index in [2.05, 4.69) is 40.0 Å². The van der Waals surface area contributed by atoms with Crippen molar-refractivity contribution in [2.45, 2.75) is 19.8 Å². The minimum Gasteiger partial charge on any atom is -0.371 e. The molecule has 0 aliphatic carbocycles. The van der Waals surface area contributed by atoms with Crippen LogP contribution in [-0.4, -0.2) is 23.1 Å². The first-order valence-corrected chi connectivity index (χ1v) is 8.10. The van der Waals surface area contributed by atoms with Crippen molar-refractivity contribution in [1.29, 1.82) is 0 Å². The summed E-state index contributed by atoms with van der Waals surface area (Å²) >= 11 is 6.05. The maximum atomic E-state index is 6.05. The van der Waals surface area contributed by atoms with E-state index in [1.807, 2.05) is 18.2 Å². The lowest BCUT2D eigenvalue weighted by atomic mass is 10.1. The predicted molar refractivity (Wildman–Crippen MR) is 92.7 cm³/mol. The molecule has 0 saturated carbocycles. The van der Waals surface area contributed by atoms with Crippen molar-refractivity contribution in [3.63, 3.8) is 0 Å². The van der Waals surface area contributed by atoms with Gasteiger partial charge in [-0.15, -0.1) is 0 Å². The number of nitrogens with one attached hydrogen (secondary N) is 1. The van der Waals surface area contributed by atoms with Crippen LogP contribution in [0.1, 0.15) is 18.4 Å². The van der Waals surface area contributed by atoms with Crippen LogP contribution in [0.3, 0.4) is 0 Å². The second-order valence-corrected chi connectivity index (χ2v) is 6.38. The number of imidazole rings is 1. The molecule has 3 aromatic rings. The molecule has 0 spiro atoms. The largest absolute Gasteiger partial charge is 0.371 e. The average Bonchev–Trinajstić information content (AvgIpc) is 3.16. The normalized spacial score (nSPS) is 14.9. The summed E-state index contributed by atoms with van der Waals surface area (Å²) in [7, 11) is 0. The van der Waals surface area contributed by atoms with E-state index < -0.39 is 0 Å². The summed E-state index contributed by atoms with van der Waals surface area (Å²) in [4.78, 5) is 10.5. The van der Waals surface area contributed by atoms with Crippen molar-refractivity contribution in [1.82, 2.24) is 9.97 Å². The standard InChI is InChI=1S/C18H18ClN3/c1-12-4-5-13(10-17(12)22-8-2-3-9-22)18-20-15-7-6-14(19)11-16(15)21-18/h4-7,10-11H,2-3,8-9H2,1H3,(H,20,21). The molecular formula is C18H18ClN3. The summed E-state index contributed by atoms with van der Waals surface area (Å²) in [5, 5.41) is 0.726. The van der Waals surface area contributed by atoms with E-state index in [4.69, 9.17) is 11.6 Å². The van der Waals surface area contributed by atoms with Crippen LogP contribution in [0, 0.1) is 6.92 Å². The summed E-state index contributed by atoms with van der Waals surface area (Å²) in [5.74, 6) is 0.901. The number of H-pyrrole nitrogens is 1. The molecule has 0 bridgehead atoms. The van der Waals surface area contributed by atoms with Crippen LogP contribution >= 0.6 is 11.6 Å². The zero-order valence-electron chi connectivity index (χ0n) is 12.6. The topological polar surface area (TPSA) is 31.9 Å². The van der Waals surface area contributed by atoms with Gasteiger partial charge < -0.3 is 9.88 Å². The van der Waals surface area contributed by atoms with E-state index >= 15 is 0 Å². The number of rotatable bonds is 2. The molecule has 0 radical (unpaired) electrons. The number of nitrogens with zero attached hydrogens (tertiary/aromatic N) is 2. The predicted octanol–water partition coefficient (Wildman–Crippen LogP) is 4.79. The fraction of sp³-hybridized carbons (Fsp3) is 0.278. The van der Waals surface area contributed by atoms with Crippen LogP contribution in [0.5, 0.6) is 0 Å². The number of hydrogen-bond acceptors (Lipinski definition) is 2. The quantitative estimate of drug-likeness (QED) is 0.737. The Morgan fingerprint density at radius 2 is 1.91 bits per heavy atom. The van der Waals surface area contributed by atoms with Crippen molar-refractivity contribution in [3.8, 4) is 11.4 Å². The average molecular weight is 312 g/mol. The summed E-state index contributed by atoms with van der Waals surface area (Å²) in [6, 6.07) is 12.3. The Balaban J connectivity index is 1.78. The molecular weight excluding hydrogens is 294 g/mol. The van der Waals surface area contributed by atoms with Gasteiger partial charge in [0.1, 0.15) is 5.82 Å². The fourth-order valence-corrected chi connectivity index (χ4v) is 3.35. The van der Waals surface area contributed by atoms with Gasteiger partial charge in [-0.3, -0.25) is 0 Å². The second-order valence-electron chi connectivity index (χ2n) is 5.94. The molecule has 0 unspecified atom stereocenters. The molecule has 112 valence electrons. The maximum Gasteiger partial charge on any atom is 0.138 e. The van der Waals surface area contributed by atoms with Gasteiger partial charge >= 0.3 is 0 Å². The SMILES string of the molecule is Cc1ccc(-c2nc3ccc(Cl)cc3[nH]2)cc1N1CCCC1. The number of halogens is 1. The van der Waals surface area contributed by atoms with Crippen molar-refractivity contribution < 1.29 is 0 Å². The van der Waals surface area contributed by atoms with Crippen molar-refractivity contribution in [2.75, 3.05) is 18.0 Å². The van der Waals surface area contributed by atoms with Gasteiger partial charge in [-0.1, -0.05) is 23.7 Å². The number of aryl methyl sites for hydroxylation is 1. The second kappa shape index (κ2) is 5.33. The lowest BCUT2D eigenvalue weighted by Gasteiger charge is -2.20. The smallest absolute Gasteiger partial charge is 0.138 e. The molecule has 1 saturated heterocycles. The van der Waals surface area contributed by atoms with Gasteiger partial charge in [0, 0.05) is 29.4 Å². The van der Waals surface area contributed by atoms with Gasteiger partial charge in [0.05, 0.1) is 11.0 Å². The number of aromatic nitrogens is 2. The third kappa shape index (κ3) is 2.35. The molecule has 1 fully saturated rings. The van der Waals surface area contributed by atoms with Gasteiger partial charge in [-0.2, -0.15) is 0 Å². The lowest BCUT2D eigenvalue weighted by molar-refractivity contribution is 0.949. The van der Waals surface area contributed by atoms with E-state index in [1.54, 1.807) is 0 Å². The lowest BCUT2D eigenvalue weighted by Crippen LogP contribution is -2.18. The Hall–Kier alpha value is -2.00. The Bertz CT molecular complexity index is 831. The third-order valence-electron chi connectivity index (χ3n) is 4.37.